The van der Waals surface area contributed by atoms with Gasteiger partial charge in [-0.05, 0) is 30.5 Å². The van der Waals surface area contributed by atoms with Crippen LogP contribution in [-0.4, -0.2) is 12.6 Å². The molecular formula is C17H20N2O. The first-order chi connectivity index (χ1) is 9.79. The lowest BCUT2D eigenvalue weighted by molar-refractivity contribution is 0.297. The van der Waals surface area contributed by atoms with E-state index in [0.29, 0.717) is 12.5 Å². The number of hydrogen-bond donors (Lipinski definition) is 2. The summed E-state index contributed by atoms with van der Waals surface area (Å²) < 4.78 is 5.77. The molecule has 0 amide bonds. The van der Waals surface area contributed by atoms with Gasteiger partial charge in [0.2, 0.25) is 0 Å². The Balaban J connectivity index is 1.83. The summed E-state index contributed by atoms with van der Waals surface area (Å²) in [6.45, 7) is 2.84. The molecule has 1 aliphatic heterocycles. The zero-order chi connectivity index (χ0) is 13.9. The van der Waals surface area contributed by atoms with Crippen molar-refractivity contribution in [1.29, 1.82) is 0 Å². The number of hydrogen-bond acceptors (Lipinski definition) is 3. The Morgan fingerprint density at radius 3 is 2.75 bits per heavy atom. The van der Waals surface area contributed by atoms with Crippen LogP contribution in [0.4, 0.5) is 0 Å². The lowest BCUT2D eigenvalue weighted by atomic mass is 9.88. The summed E-state index contributed by atoms with van der Waals surface area (Å²) in [5.41, 5.74) is 6.87. The van der Waals surface area contributed by atoms with Crippen LogP contribution < -0.4 is 16.0 Å². The second-order valence-electron chi connectivity index (χ2n) is 5.36. The number of aryl methyl sites for hydroxylation is 1. The second-order valence-corrected chi connectivity index (χ2v) is 5.36. The summed E-state index contributed by atoms with van der Waals surface area (Å²) >= 11 is 0. The van der Waals surface area contributed by atoms with Crippen molar-refractivity contribution in [3.8, 4) is 5.75 Å². The van der Waals surface area contributed by atoms with Crippen molar-refractivity contribution in [1.82, 2.24) is 5.43 Å². The van der Waals surface area contributed by atoms with E-state index in [4.69, 9.17) is 10.6 Å². The van der Waals surface area contributed by atoms with Gasteiger partial charge in [0.1, 0.15) is 5.75 Å². The molecule has 2 atom stereocenters. The molecule has 0 spiro atoms. The molecule has 3 rings (SSSR count). The van der Waals surface area contributed by atoms with Crippen molar-refractivity contribution in [3.05, 3.63) is 65.2 Å². The lowest BCUT2D eigenvalue weighted by Crippen LogP contribution is -2.42. The number of rotatable bonds is 4. The maximum absolute atomic E-state index is 5.80. The summed E-state index contributed by atoms with van der Waals surface area (Å²) in [5.74, 6) is 7.09. The van der Waals surface area contributed by atoms with E-state index in [-0.39, 0.29) is 6.04 Å². The number of ether oxygens (including phenoxy) is 1. The molecular weight excluding hydrogens is 248 g/mol. The van der Waals surface area contributed by atoms with Gasteiger partial charge in [0.15, 0.2) is 0 Å². The minimum absolute atomic E-state index is 0.180. The van der Waals surface area contributed by atoms with Crippen LogP contribution in [0.25, 0.3) is 0 Å². The second kappa shape index (κ2) is 5.65. The van der Waals surface area contributed by atoms with Crippen molar-refractivity contribution < 1.29 is 4.74 Å². The first-order valence-corrected chi connectivity index (χ1v) is 7.02. The van der Waals surface area contributed by atoms with E-state index in [1.807, 2.05) is 12.1 Å². The highest BCUT2D eigenvalue weighted by Gasteiger charge is 2.30. The predicted octanol–water partition coefficient (Wildman–Crippen LogP) is 2.55. The van der Waals surface area contributed by atoms with E-state index < -0.39 is 0 Å². The van der Waals surface area contributed by atoms with Gasteiger partial charge in [-0.1, -0.05) is 42.5 Å². The largest absolute Gasteiger partial charge is 0.493 e. The van der Waals surface area contributed by atoms with E-state index in [1.54, 1.807) is 0 Å². The zero-order valence-electron chi connectivity index (χ0n) is 11.7. The lowest BCUT2D eigenvalue weighted by Gasteiger charge is -2.22. The van der Waals surface area contributed by atoms with E-state index >= 15 is 0 Å². The van der Waals surface area contributed by atoms with Gasteiger partial charge < -0.3 is 4.74 Å². The molecule has 1 heterocycles. The van der Waals surface area contributed by atoms with Crippen LogP contribution in [0, 0.1) is 6.92 Å². The molecule has 0 saturated heterocycles. The number of nitrogens with two attached hydrogens (primary N) is 1. The summed E-state index contributed by atoms with van der Waals surface area (Å²) in [6, 6.07) is 16.9. The molecule has 1 aliphatic rings. The third kappa shape index (κ3) is 2.42. The third-order valence-electron chi connectivity index (χ3n) is 4.14. The average Bonchev–Trinajstić information content (AvgIpc) is 2.90. The van der Waals surface area contributed by atoms with Crippen molar-refractivity contribution in [3.63, 3.8) is 0 Å². The Kier molecular flexibility index (Phi) is 3.72. The fourth-order valence-electron chi connectivity index (χ4n) is 2.91. The molecule has 0 fully saturated rings. The van der Waals surface area contributed by atoms with Gasteiger partial charge in [-0.2, -0.15) is 0 Å². The summed E-state index contributed by atoms with van der Waals surface area (Å²) in [7, 11) is 0. The topological polar surface area (TPSA) is 47.3 Å². The number of fused-ring (bicyclic) bond motifs is 1. The molecule has 20 heavy (non-hydrogen) atoms. The van der Waals surface area contributed by atoms with Crippen LogP contribution in [0.15, 0.2) is 48.5 Å². The summed E-state index contributed by atoms with van der Waals surface area (Å²) in [6.07, 6.45) is 0.908. The van der Waals surface area contributed by atoms with Gasteiger partial charge in [-0.15, -0.1) is 0 Å². The van der Waals surface area contributed by atoms with Crippen LogP contribution in [-0.2, 0) is 6.42 Å². The van der Waals surface area contributed by atoms with Crippen molar-refractivity contribution >= 4 is 0 Å². The number of nitrogens with one attached hydrogen (secondary N) is 1. The van der Waals surface area contributed by atoms with E-state index in [1.165, 1.54) is 16.7 Å². The van der Waals surface area contributed by atoms with Crippen LogP contribution >= 0.6 is 0 Å². The highest BCUT2D eigenvalue weighted by Crippen LogP contribution is 2.36. The summed E-state index contributed by atoms with van der Waals surface area (Å²) in [4.78, 5) is 0. The molecule has 2 aromatic rings. The molecule has 0 radical (unpaired) electrons. The zero-order valence-corrected chi connectivity index (χ0v) is 11.7. The van der Waals surface area contributed by atoms with Gasteiger partial charge in [-0.25, -0.2) is 0 Å². The Labute approximate surface area is 119 Å². The van der Waals surface area contributed by atoms with E-state index in [9.17, 15) is 0 Å². The van der Waals surface area contributed by atoms with Gasteiger partial charge in [0.25, 0.3) is 0 Å². The molecule has 0 aromatic heterocycles. The Bertz CT molecular complexity index is 597. The third-order valence-corrected chi connectivity index (χ3v) is 4.14. The minimum atomic E-state index is 0.180. The van der Waals surface area contributed by atoms with E-state index in [0.717, 1.165) is 12.2 Å². The Morgan fingerprint density at radius 1 is 1.20 bits per heavy atom. The SMILES string of the molecule is Cc1ccccc1CC(NN)C1COc2ccccc21. The minimum Gasteiger partial charge on any atom is -0.493 e. The first-order valence-electron chi connectivity index (χ1n) is 7.02. The maximum Gasteiger partial charge on any atom is 0.122 e. The molecule has 0 bridgehead atoms. The quantitative estimate of drug-likeness (QED) is 0.662. The molecule has 104 valence electrons. The number of hydrazine groups is 1. The highest BCUT2D eigenvalue weighted by molar-refractivity contribution is 5.41. The monoisotopic (exact) mass is 268 g/mol. The van der Waals surface area contributed by atoms with Crippen LogP contribution in [0.2, 0.25) is 0 Å². The normalized spacial score (nSPS) is 18.4. The molecule has 2 aromatic carbocycles. The van der Waals surface area contributed by atoms with Crippen molar-refractivity contribution in [2.24, 2.45) is 5.84 Å². The van der Waals surface area contributed by atoms with Crippen molar-refractivity contribution in [2.75, 3.05) is 6.61 Å². The van der Waals surface area contributed by atoms with Gasteiger partial charge in [-0.3, -0.25) is 11.3 Å². The predicted molar refractivity (Wildman–Crippen MR) is 80.7 cm³/mol. The highest BCUT2D eigenvalue weighted by atomic mass is 16.5. The molecule has 0 aliphatic carbocycles. The van der Waals surface area contributed by atoms with Crippen LogP contribution in [0.5, 0.6) is 5.75 Å². The summed E-state index contributed by atoms with van der Waals surface area (Å²) in [5, 5.41) is 0. The Hall–Kier alpha value is -1.84. The van der Waals surface area contributed by atoms with Gasteiger partial charge in [0, 0.05) is 17.5 Å². The standard InChI is InChI=1S/C17H20N2O/c1-12-6-2-3-7-13(12)10-16(19-18)15-11-20-17-9-5-4-8-14(15)17/h2-9,15-16,19H,10-11,18H2,1H3. The smallest absolute Gasteiger partial charge is 0.122 e. The van der Waals surface area contributed by atoms with Crippen LogP contribution in [0.3, 0.4) is 0 Å². The first kappa shape index (κ1) is 13.2. The fraction of sp³-hybridized carbons (Fsp3) is 0.294. The van der Waals surface area contributed by atoms with Crippen molar-refractivity contribution in [2.45, 2.75) is 25.3 Å². The molecule has 3 heteroatoms. The molecule has 0 saturated carbocycles. The van der Waals surface area contributed by atoms with Crippen LogP contribution in [0.1, 0.15) is 22.6 Å². The van der Waals surface area contributed by atoms with Gasteiger partial charge in [0.05, 0.1) is 6.61 Å². The molecule has 3 N–H and O–H groups in total. The Morgan fingerprint density at radius 2 is 1.95 bits per heavy atom. The fourth-order valence-corrected chi connectivity index (χ4v) is 2.91. The van der Waals surface area contributed by atoms with E-state index in [2.05, 4.69) is 48.7 Å². The number of benzene rings is 2. The average molecular weight is 268 g/mol. The molecule has 2 unspecified atom stereocenters. The molecule has 3 nitrogen and oxygen atoms in total. The van der Waals surface area contributed by atoms with Gasteiger partial charge >= 0.3 is 0 Å². The number of para-hydroxylation sites is 1. The maximum atomic E-state index is 5.80.